The highest BCUT2D eigenvalue weighted by Crippen LogP contribution is 2.23. The van der Waals surface area contributed by atoms with Gasteiger partial charge in [0, 0.05) is 18.0 Å². The van der Waals surface area contributed by atoms with E-state index >= 15 is 0 Å². The summed E-state index contributed by atoms with van der Waals surface area (Å²) in [6.07, 6.45) is -0.400. The molecule has 1 aromatic carbocycles. The molecule has 0 radical (unpaired) electrons. The molecule has 0 aliphatic carbocycles. The van der Waals surface area contributed by atoms with E-state index in [0.717, 1.165) is 16.7 Å². The molecule has 1 heterocycles. The fraction of sp³-hybridized carbons (Fsp3) is 0.500. The predicted octanol–water partition coefficient (Wildman–Crippen LogP) is 4.00. The number of alkyl carbamates (subject to hydrolysis) is 1. The Morgan fingerprint density at radius 2 is 1.96 bits per heavy atom. The van der Waals surface area contributed by atoms with Crippen molar-refractivity contribution in [2.24, 2.45) is 0 Å². The molecule has 0 spiro atoms. The van der Waals surface area contributed by atoms with Gasteiger partial charge < -0.3 is 19.8 Å². The molecule has 0 fully saturated rings. The molecule has 0 saturated carbocycles. The molecule has 5 nitrogen and oxygen atoms in total. The molecule has 126 valence electrons. The monoisotopic (exact) mass is 318 g/mol. The van der Waals surface area contributed by atoms with Crippen LogP contribution in [0.5, 0.6) is 0 Å². The standard InChI is InChI=1S/C18H26N2O3/c1-12(11-19-17(21)23-18(3,4)5)20-13(2)16-10-14-8-6-7-9-15(14)22-16/h6-10,12-13,20H,11H2,1-5H3,(H,19,21). The largest absolute Gasteiger partial charge is 0.459 e. The molecule has 23 heavy (non-hydrogen) atoms. The number of carbonyl (C=O) groups excluding carboxylic acids is 1. The van der Waals surface area contributed by atoms with Crippen molar-refractivity contribution in [3.05, 3.63) is 36.1 Å². The molecular weight excluding hydrogens is 292 g/mol. The van der Waals surface area contributed by atoms with Crippen molar-refractivity contribution in [2.75, 3.05) is 6.54 Å². The predicted molar refractivity (Wildman–Crippen MR) is 91.5 cm³/mol. The van der Waals surface area contributed by atoms with Crippen molar-refractivity contribution in [3.63, 3.8) is 0 Å². The first-order valence-corrected chi connectivity index (χ1v) is 7.96. The number of hydrogen-bond acceptors (Lipinski definition) is 4. The van der Waals surface area contributed by atoms with Crippen LogP contribution in [0, 0.1) is 0 Å². The second kappa shape index (κ2) is 7.04. The van der Waals surface area contributed by atoms with Gasteiger partial charge in [0.2, 0.25) is 0 Å². The minimum atomic E-state index is -0.484. The third-order valence-electron chi connectivity index (χ3n) is 3.36. The van der Waals surface area contributed by atoms with Crippen LogP contribution in [0.3, 0.4) is 0 Å². The summed E-state index contributed by atoms with van der Waals surface area (Å²) in [6, 6.07) is 10.1. The van der Waals surface area contributed by atoms with Crippen LogP contribution in [0.25, 0.3) is 11.0 Å². The molecule has 0 aliphatic rings. The molecular formula is C18H26N2O3. The number of rotatable bonds is 5. The second-order valence-corrected chi connectivity index (χ2v) is 6.86. The Labute approximate surface area is 137 Å². The molecule has 0 saturated heterocycles. The maximum atomic E-state index is 11.7. The van der Waals surface area contributed by atoms with Gasteiger partial charge in [-0.25, -0.2) is 4.79 Å². The van der Waals surface area contributed by atoms with E-state index in [0.29, 0.717) is 6.54 Å². The minimum Gasteiger partial charge on any atom is -0.459 e. The van der Waals surface area contributed by atoms with E-state index in [2.05, 4.69) is 10.6 Å². The molecule has 2 N–H and O–H groups in total. The van der Waals surface area contributed by atoms with Crippen LogP contribution in [0.15, 0.2) is 34.7 Å². The van der Waals surface area contributed by atoms with E-state index in [9.17, 15) is 4.79 Å². The maximum absolute atomic E-state index is 11.7. The highest BCUT2D eigenvalue weighted by molar-refractivity contribution is 5.77. The summed E-state index contributed by atoms with van der Waals surface area (Å²) in [5.41, 5.74) is 0.401. The van der Waals surface area contributed by atoms with Crippen LogP contribution in [0.4, 0.5) is 4.79 Å². The summed E-state index contributed by atoms with van der Waals surface area (Å²) < 4.78 is 11.1. The average molecular weight is 318 g/mol. The van der Waals surface area contributed by atoms with Crippen molar-refractivity contribution in [1.29, 1.82) is 0 Å². The Morgan fingerprint density at radius 1 is 1.26 bits per heavy atom. The lowest BCUT2D eigenvalue weighted by Crippen LogP contribution is -2.41. The molecule has 2 aromatic rings. The van der Waals surface area contributed by atoms with Crippen molar-refractivity contribution in [3.8, 4) is 0 Å². The van der Waals surface area contributed by atoms with Crippen LogP contribution in [0.2, 0.25) is 0 Å². The normalized spacial score (nSPS) is 14.5. The number of benzene rings is 1. The summed E-state index contributed by atoms with van der Waals surface area (Å²) in [5.74, 6) is 0.885. The van der Waals surface area contributed by atoms with Gasteiger partial charge in [0.15, 0.2) is 0 Å². The van der Waals surface area contributed by atoms with Crippen LogP contribution >= 0.6 is 0 Å². The van der Waals surface area contributed by atoms with E-state index in [1.54, 1.807) is 0 Å². The zero-order valence-corrected chi connectivity index (χ0v) is 14.5. The van der Waals surface area contributed by atoms with Crippen molar-refractivity contribution in [1.82, 2.24) is 10.6 Å². The number of para-hydroxylation sites is 1. The first-order valence-electron chi connectivity index (χ1n) is 7.96. The Balaban J connectivity index is 1.84. The molecule has 1 amide bonds. The van der Waals surface area contributed by atoms with E-state index < -0.39 is 11.7 Å². The summed E-state index contributed by atoms with van der Waals surface area (Å²) in [6.45, 7) is 10.1. The maximum Gasteiger partial charge on any atom is 0.407 e. The van der Waals surface area contributed by atoms with Gasteiger partial charge >= 0.3 is 6.09 Å². The highest BCUT2D eigenvalue weighted by atomic mass is 16.6. The Kier molecular flexibility index (Phi) is 5.31. The first-order chi connectivity index (χ1) is 10.7. The van der Waals surface area contributed by atoms with Gasteiger partial charge in [-0.3, -0.25) is 0 Å². The zero-order valence-electron chi connectivity index (χ0n) is 14.5. The minimum absolute atomic E-state index is 0.0536. The fourth-order valence-electron chi connectivity index (χ4n) is 2.33. The molecule has 2 unspecified atom stereocenters. The molecule has 2 atom stereocenters. The molecule has 0 aliphatic heterocycles. The Morgan fingerprint density at radius 3 is 2.61 bits per heavy atom. The van der Waals surface area contributed by atoms with Gasteiger partial charge in [0.1, 0.15) is 16.9 Å². The van der Waals surface area contributed by atoms with Gasteiger partial charge in [0.05, 0.1) is 6.04 Å². The number of hydrogen-bond donors (Lipinski definition) is 2. The topological polar surface area (TPSA) is 63.5 Å². The lowest BCUT2D eigenvalue weighted by Gasteiger charge is -2.22. The summed E-state index contributed by atoms with van der Waals surface area (Å²) in [4.78, 5) is 11.7. The number of amides is 1. The smallest absolute Gasteiger partial charge is 0.407 e. The SMILES string of the molecule is CC(CNC(=O)OC(C)(C)C)NC(C)c1cc2ccccc2o1. The van der Waals surface area contributed by atoms with Crippen LogP contribution in [0.1, 0.15) is 46.4 Å². The second-order valence-electron chi connectivity index (χ2n) is 6.86. The zero-order chi connectivity index (χ0) is 17.0. The van der Waals surface area contributed by atoms with Gasteiger partial charge in [0.25, 0.3) is 0 Å². The van der Waals surface area contributed by atoms with Crippen molar-refractivity contribution < 1.29 is 13.9 Å². The number of furan rings is 1. The van der Waals surface area contributed by atoms with Gasteiger partial charge in [-0.1, -0.05) is 18.2 Å². The number of fused-ring (bicyclic) bond motifs is 1. The summed E-state index contributed by atoms with van der Waals surface area (Å²) in [7, 11) is 0. The first kappa shape index (κ1) is 17.3. The Hall–Kier alpha value is -2.01. The lowest BCUT2D eigenvalue weighted by atomic mass is 10.2. The number of ether oxygens (including phenoxy) is 1. The molecule has 1 aromatic heterocycles. The fourth-order valence-corrected chi connectivity index (χ4v) is 2.33. The summed E-state index contributed by atoms with van der Waals surface area (Å²) in [5, 5.41) is 7.27. The number of nitrogens with one attached hydrogen (secondary N) is 2. The molecule has 0 bridgehead atoms. The van der Waals surface area contributed by atoms with Gasteiger partial charge in [-0.2, -0.15) is 0 Å². The summed E-state index contributed by atoms with van der Waals surface area (Å²) >= 11 is 0. The third kappa shape index (κ3) is 5.28. The Bertz CT molecular complexity index is 625. The van der Waals surface area contributed by atoms with E-state index in [1.807, 2.05) is 65.0 Å². The molecule has 2 rings (SSSR count). The quantitative estimate of drug-likeness (QED) is 0.875. The van der Waals surface area contributed by atoms with E-state index in [1.165, 1.54) is 0 Å². The van der Waals surface area contributed by atoms with Crippen LogP contribution < -0.4 is 10.6 Å². The van der Waals surface area contributed by atoms with E-state index in [4.69, 9.17) is 9.15 Å². The average Bonchev–Trinajstić information content (AvgIpc) is 2.87. The molecule has 5 heteroatoms. The van der Waals surface area contributed by atoms with Crippen LogP contribution in [-0.4, -0.2) is 24.3 Å². The highest BCUT2D eigenvalue weighted by Gasteiger charge is 2.18. The number of carbonyl (C=O) groups is 1. The third-order valence-corrected chi connectivity index (χ3v) is 3.36. The van der Waals surface area contributed by atoms with Gasteiger partial charge in [-0.15, -0.1) is 0 Å². The lowest BCUT2D eigenvalue weighted by molar-refractivity contribution is 0.0522. The van der Waals surface area contributed by atoms with Crippen molar-refractivity contribution in [2.45, 2.75) is 52.3 Å². The van der Waals surface area contributed by atoms with E-state index in [-0.39, 0.29) is 12.1 Å². The van der Waals surface area contributed by atoms with Crippen molar-refractivity contribution >= 4 is 17.1 Å². The van der Waals surface area contributed by atoms with Gasteiger partial charge in [-0.05, 0) is 46.8 Å². The van der Waals surface area contributed by atoms with Crippen LogP contribution in [-0.2, 0) is 4.74 Å².